The Bertz CT molecular complexity index is 372. The van der Waals surface area contributed by atoms with Gasteiger partial charge in [0.15, 0.2) is 0 Å². The zero-order valence-corrected chi connectivity index (χ0v) is 9.37. The van der Waals surface area contributed by atoms with Crippen molar-refractivity contribution in [3.8, 4) is 5.75 Å². The van der Waals surface area contributed by atoms with Gasteiger partial charge in [0.1, 0.15) is 5.75 Å². The van der Waals surface area contributed by atoms with Crippen molar-refractivity contribution in [2.24, 2.45) is 5.92 Å². The first kappa shape index (κ1) is 10.1. The molecule has 1 aromatic rings. The van der Waals surface area contributed by atoms with Gasteiger partial charge in [0, 0.05) is 25.6 Å². The lowest BCUT2D eigenvalue weighted by Crippen LogP contribution is -2.11. The van der Waals surface area contributed by atoms with Gasteiger partial charge >= 0.3 is 0 Å². The minimum Gasteiger partial charge on any atom is -0.493 e. The fourth-order valence-corrected chi connectivity index (χ4v) is 2.29. The molecule has 2 aliphatic heterocycles. The van der Waals surface area contributed by atoms with Crippen LogP contribution in [0.1, 0.15) is 17.5 Å². The number of ether oxygens (including phenoxy) is 2. The van der Waals surface area contributed by atoms with E-state index in [-0.39, 0.29) is 0 Å². The average Bonchev–Trinajstić information content (AvgIpc) is 2.97. The fraction of sp³-hybridized carbons (Fsp3) is 0.538. The Morgan fingerprint density at radius 3 is 3.12 bits per heavy atom. The van der Waals surface area contributed by atoms with Gasteiger partial charge in [-0.15, -0.1) is 0 Å². The molecule has 1 atom stereocenters. The predicted octanol–water partition coefficient (Wildman–Crippen LogP) is 1.71. The van der Waals surface area contributed by atoms with Gasteiger partial charge in [0.05, 0.1) is 13.2 Å². The van der Waals surface area contributed by atoms with E-state index in [0.717, 1.165) is 45.1 Å². The second kappa shape index (κ2) is 4.44. The summed E-state index contributed by atoms with van der Waals surface area (Å²) < 4.78 is 11.1. The number of fused-ring (bicyclic) bond motifs is 1. The third-order valence-corrected chi connectivity index (χ3v) is 3.32. The first-order chi connectivity index (χ1) is 7.92. The summed E-state index contributed by atoms with van der Waals surface area (Å²) in [5.74, 6) is 1.57. The number of benzene rings is 1. The summed E-state index contributed by atoms with van der Waals surface area (Å²) in [5, 5.41) is 3.34. The van der Waals surface area contributed by atoms with Crippen LogP contribution in [0.2, 0.25) is 0 Å². The van der Waals surface area contributed by atoms with Gasteiger partial charge in [-0.05, 0) is 29.7 Å². The van der Waals surface area contributed by atoms with Crippen LogP contribution in [0.25, 0.3) is 0 Å². The molecule has 1 fully saturated rings. The van der Waals surface area contributed by atoms with E-state index in [1.165, 1.54) is 11.1 Å². The summed E-state index contributed by atoms with van der Waals surface area (Å²) >= 11 is 0. The maximum atomic E-state index is 5.81. The Morgan fingerprint density at radius 1 is 1.31 bits per heavy atom. The van der Waals surface area contributed by atoms with Crippen LogP contribution in [0, 0.1) is 5.92 Å². The molecule has 0 radical (unpaired) electrons. The van der Waals surface area contributed by atoms with Crippen molar-refractivity contribution >= 4 is 0 Å². The lowest BCUT2D eigenvalue weighted by Gasteiger charge is -2.11. The number of hydrogen-bond acceptors (Lipinski definition) is 3. The van der Waals surface area contributed by atoms with Crippen LogP contribution >= 0.6 is 0 Å². The summed E-state index contributed by atoms with van der Waals surface area (Å²) in [7, 11) is 0. The quantitative estimate of drug-likeness (QED) is 0.839. The van der Waals surface area contributed by atoms with E-state index in [1.807, 2.05) is 0 Å². The van der Waals surface area contributed by atoms with Gasteiger partial charge in [0.25, 0.3) is 0 Å². The molecule has 2 aliphatic rings. The van der Waals surface area contributed by atoms with E-state index in [1.54, 1.807) is 0 Å². The van der Waals surface area contributed by atoms with E-state index in [4.69, 9.17) is 9.47 Å². The number of rotatable bonds is 3. The Hall–Kier alpha value is -1.06. The standard InChI is InChI=1S/C13H17NO2/c1-2-13(5-12-7-14-6-11(1)12)16-9-10-3-4-15-8-10/h1-2,5,10,14H,3-4,6-9H2. The monoisotopic (exact) mass is 219 g/mol. The number of hydrogen-bond donors (Lipinski definition) is 1. The Kier molecular flexibility index (Phi) is 2.80. The number of nitrogens with one attached hydrogen (secondary N) is 1. The van der Waals surface area contributed by atoms with Crippen molar-refractivity contribution in [3.63, 3.8) is 0 Å². The summed E-state index contributed by atoms with van der Waals surface area (Å²) in [6.45, 7) is 4.49. The summed E-state index contributed by atoms with van der Waals surface area (Å²) in [6, 6.07) is 6.39. The molecule has 0 bridgehead atoms. The van der Waals surface area contributed by atoms with Crippen molar-refractivity contribution in [1.29, 1.82) is 0 Å². The van der Waals surface area contributed by atoms with E-state index in [0.29, 0.717) is 5.92 Å². The fourth-order valence-electron chi connectivity index (χ4n) is 2.29. The zero-order chi connectivity index (χ0) is 10.8. The van der Waals surface area contributed by atoms with Crippen molar-refractivity contribution < 1.29 is 9.47 Å². The molecule has 16 heavy (non-hydrogen) atoms. The van der Waals surface area contributed by atoms with E-state index < -0.39 is 0 Å². The van der Waals surface area contributed by atoms with E-state index >= 15 is 0 Å². The molecule has 86 valence electrons. The van der Waals surface area contributed by atoms with Gasteiger partial charge in [-0.3, -0.25) is 0 Å². The van der Waals surface area contributed by atoms with Crippen LogP contribution in [0.4, 0.5) is 0 Å². The lowest BCUT2D eigenvalue weighted by atomic mass is 10.1. The third-order valence-electron chi connectivity index (χ3n) is 3.32. The van der Waals surface area contributed by atoms with Gasteiger partial charge in [-0.25, -0.2) is 0 Å². The molecule has 3 heteroatoms. The zero-order valence-electron chi connectivity index (χ0n) is 9.37. The van der Waals surface area contributed by atoms with Crippen LogP contribution in [-0.2, 0) is 17.8 Å². The van der Waals surface area contributed by atoms with Crippen molar-refractivity contribution in [1.82, 2.24) is 5.32 Å². The second-order valence-corrected chi connectivity index (χ2v) is 4.57. The van der Waals surface area contributed by atoms with Crippen LogP contribution in [0.5, 0.6) is 5.75 Å². The molecule has 1 saturated heterocycles. The molecule has 3 rings (SSSR count). The molecule has 0 spiro atoms. The summed E-state index contributed by atoms with van der Waals surface area (Å²) in [5.41, 5.74) is 2.77. The first-order valence-corrected chi connectivity index (χ1v) is 5.95. The molecule has 0 aliphatic carbocycles. The molecule has 1 aromatic carbocycles. The highest BCUT2D eigenvalue weighted by Crippen LogP contribution is 2.22. The van der Waals surface area contributed by atoms with Gasteiger partial charge < -0.3 is 14.8 Å². The van der Waals surface area contributed by atoms with Gasteiger partial charge in [0.2, 0.25) is 0 Å². The van der Waals surface area contributed by atoms with Crippen molar-refractivity contribution in [2.75, 3.05) is 19.8 Å². The molecule has 1 unspecified atom stereocenters. The molecular weight excluding hydrogens is 202 g/mol. The molecule has 0 saturated carbocycles. The highest BCUT2D eigenvalue weighted by atomic mass is 16.5. The van der Waals surface area contributed by atoms with Crippen molar-refractivity contribution in [3.05, 3.63) is 29.3 Å². The maximum Gasteiger partial charge on any atom is 0.119 e. The SMILES string of the molecule is c1cc2c(cc1OCC1CCOC1)CNC2. The minimum atomic E-state index is 0.575. The summed E-state index contributed by atoms with van der Waals surface area (Å²) in [4.78, 5) is 0. The minimum absolute atomic E-state index is 0.575. The predicted molar refractivity (Wildman–Crippen MR) is 61.4 cm³/mol. The molecule has 3 nitrogen and oxygen atoms in total. The molecule has 0 amide bonds. The summed E-state index contributed by atoms with van der Waals surface area (Å²) in [6.07, 6.45) is 1.13. The second-order valence-electron chi connectivity index (χ2n) is 4.57. The maximum absolute atomic E-state index is 5.81. The highest BCUT2D eigenvalue weighted by molar-refractivity contribution is 5.37. The van der Waals surface area contributed by atoms with Crippen LogP contribution in [0.3, 0.4) is 0 Å². The normalized spacial score (nSPS) is 23.4. The molecule has 0 aromatic heterocycles. The molecule has 2 heterocycles. The Morgan fingerprint density at radius 2 is 2.25 bits per heavy atom. The van der Waals surface area contributed by atoms with E-state index in [2.05, 4.69) is 23.5 Å². The van der Waals surface area contributed by atoms with Gasteiger partial charge in [-0.1, -0.05) is 6.07 Å². The van der Waals surface area contributed by atoms with Gasteiger partial charge in [-0.2, -0.15) is 0 Å². The van der Waals surface area contributed by atoms with Crippen LogP contribution in [-0.4, -0.2) is 19.8 Å². The Labute approximate surface area is 95.8 Å². The smallest absolute Gasteiger partial charge is 0.119 e. The average molecular weight is 219 g/mol. The van der Waals surface area contributed by atoms with Crippen LogP contribution < -0.4 is 10.1 Å². The first-order valence-electron chi connectivity index (χ1n) is 5.95. The van der Waals surface area contributed by atoms with E-state index in [9.17, 15) is 0 Å². The topological polar surface area (TPSA) is 30.5 Å². The highest BCUT2D eigenvalue weighted by Gasteiger charge is 2.16. The largest absolute Gasteiger partial charge is 0.493 e. The van der Waals surface area contributed by atoms with Crippen molar-refractivity contribution in [2.45, 2.75) is 19.5 Å². The van der Waals surface area contributed by atoms with Crippen LogP contribution in [0.15, 0.2) is 18.2 Å². The lowest BCUT2D eigenvalue weighted by molar-refractivity contribution is 0.167. The Balaban J connectivity index is 1.61. The third kappa shape index (κ3) is 2.06. The molecule has 1 N–H and O–H groups in total. The molecular formula is C13H17NO2.